The van der Waals surface area contributed by atoms with Crippen LogP contribution in [0.5, 0.6) is 0 Å². The van der Waals surface area contributed by atoms with Crippen molar-refractivity contribution in [2.24, 2.45) is 0 Å². The molecule has 0 saturated heterocycles. The number of esters is 1. The maximum Gasteiger partial charge on any atom is 0.338 e. The Morgan fingerprint density at radius 2 is 1.74 bits per heavy atom. The summed E-state index contributed by atoms with van der Waals surface area (Å²) in [6.07, 6.45) is 0. The second kappa shape index (κ2) is 6.57. The zero-order chi connectivity index (χ0) is 14.5. The summed E-state index contributed by atoms with van der Waals surface area (Å²) in [5.41, 5.74) is 6.60. The van der Waals surface area contributed by atoms with E-state index in [4.69, 9.17) is 10.5 Å². The second-order valence-electron chi connectivity index (χ2n) is 5.18. The van der Waals surface area contributed by atoms with E-state index in [0.29, 0.717) is 17.9 Å². The molecule has 1 aromatic carbocycles. The first kappa shape index (κ1) is 15.5. The number of nitrogens with zero attached hydrogens (tertiary/aromatic N) is 1. The van der Waals surface area contributed by atoms with Gasteiger partial charge in [0, 0.05) is 11.2 Å². The number of nitrogens with two attached hydrogens (primary N) is 1. The van der Waals surface area contributed by atoms with Gasteiger partial charge in [-0.3, -0.25) is 4.90 Å². The number of rotatable bonds is 6. The van der Waals surface area contributed by atoms with Gasteiger partial charge in [-0.05, 0) is 51.2 Å². The summed E-state index contributed by atoms with van der Waals surface area (Å²) in [6.45, 7) is 10.6. The smallest absolute Gasteiger partial charge is 0.338 e. The van der Waals surface area contributed by atoms with Crippen molar-refractivity contribution in [1.82, 2.24) is 4.90 Å². The molecular formula is C15H24N2O2. The first-order valence-corrected chi connectivity index (χ1v) is 6.68. The molecule has 0 atom stereocenters. The minimum absolute atomic E-state index is 0.160. The molecule has 0 bridgehead atoms. The van der Waals surface area contributed by atoms with Gasteiger partial charge in [0.25, 0.3) is 0 Å². The SMILES string of the molecule is CCN(CC)C(C)(C)COC(=O)c1ccc(N)cc1. The first-order chi connectivity index (χ1) is 8.90. The van der Waals surface area contributed by atoms with Crippen LogP contribution >= 0.6 is 0 Å². The number of nitrogen functional groups attached to an aromatic ring is 1. The molecule has 0 aliphatic rings. The summed E-state index contributed by atoms with van der Waals surface area (Å²) in [5, 5.41) is 0. The van der Waals surface area contributed by atoms with Crippen LogP contribution in [0.15, 0.2) is 24.3 Å². The predicted octanol–water partition coefficient (Wildman–Crippen LogP) is 2.55. The number of hydrogen-bond donors (Lipinski definition) is 1. The van der Waals surface area contributed by atoms with Gasteiger partial charge in [0.2, 0.25) is 0 Å². The van der Waals surface area contributed by atoms with Crippen molar-refractivity contribution in [3.63, 3.8) is 0 Å². The molecule has 0 aromatic heterocycles. The van der Waals surface area contributed by atoms with Crippen LogP contribution in [0, 0.1) is 0 Å². The number of anilines is 1. The van der Waals surface area contributed by atoms with Gasteiger partial charge in [-0.25, -0.2) is 4.79 Å². The van der Waals surface area contributed by atoms with Gasteiger partial charge in [0.05, 0.1) is 5.56 Å². The molecule has 19 heavy (non-hydrogen) atoms. The van der Waals surface area contributed by atoms with E-state index < -0.39 is 0 Å². The zero-order valence-electron chi connectivity index (χ0n) is 12.3. The molecule has 0 saturated carbocycles. The summed E-state index contributed by atoms with van der Waals surface area (Å²) in [5.74, 6) is -0.305. The average molecular weight is 264 g/mol. The van der Waals surface area contributed by atoms with Crippen LogP contribution in [0.1, 0.15) is 38.1 Å². The number of benzene rings is 1. The molecule has 0 spiro atoms. The van der Waals surface area contributed by atoms with Crippen molar-refractivity contribution in [2.45, 2.75) is 33.2 Å². The lowest BCUT2D eigenvalue weighted by atomic mass is 10.0. The van der Waals surface area contributed by atoms with E-state index in [1.165, 1.54) is 0 Å². The van der Waals surface area contributed by atoms with Crippen LogP contribution < -0.4 is 5.73 Å². The van der Waals surface area contributed by atoms with Gasteiger partial charge >= 0.3 is 5.97 Å². The Morgan fingerprint density at radius 1 is 1.21 bits per heavy atom. The van der Waals surface area contributed by atoms with Gasteiger partial charge < -0.3 is 10.5 Å². The Hall–Kier alpha value is -1.55. The topological polar surface area (TPSA) is 55.6 Å². The van der Waals surface area contributed by atoms with Crippen molar-refractivity contribution < 1.29 is 9.53 Å². The highest BCUT2D eigenvalue weighted by Crippen LogP contribution is 2.15. The van der Waals surface area contributed by atoms with Gasteiger partial charge in [0.15, 0.2) is 0 Å². The summed E-state index contributed by atoms with van der Waals surface area (Å²) in [6, 6.07) is 6.77. The number of ether oxygens (including phenoxy) is 1. The largest absolute Gasteiger partial charge is 0.460 e. The number of carbonyl (C=O) groups is 1. The van der Waals surface area contributed by atoms with E-state index in [1.807, 2.05) is 0 Å². The van der Waals surface area contributed by atoms with Gasteiger partial charge in [-0.2, -0.15) is 0 Å². The minimum atomic E-state index is -0.305. The highest BCUT2D eigenvalue weighted by Gasteiger charge is 2.26. The van der Waals surface area contributed by atoms with Gasteiger partial charge in [0.1, 0.15) is 6.61 Å². The van der Waals surface area contributed by atoms with Crippen LogP contribution in [0.3, 0.4) is 0 Å². The van der Waals surface area contributed by atoms with Crippen LogP contribution in [-0.4, -0.2) is 36.1 Å². The third kappa shape index (κ3) is 4.24. The lowest BCUT2D eigenvalue weighted by Crippen LogP contribution is -2.47. The minimum Gasteiger partial charge on any atom is -0.460 e. The van der Waals surface area contributed by atoms with Crippen LogP contribution in [0.25, 0.3) is 0 Å². The maximum atomic E-state index is 11.9. The molecule has 0 fully saturated rings. The van der Waals surface area contributed by atoms with Crippen molar-refractivity contribution in [3.8, 4) is 0 Å². The number of hydrogen-bond acceptors (Lipinski definition) is 4. The van der Waals surface area contributed by atoms with Crippen LogP contribution in [0.4, 0.5) is 5.69 Å². The Labute approximate surface area is 115 Å². The quantitative estimate of drug-likeness (QED) is 0.633. The molecule has 1 rings (SSSR count). The molecule has 0 unspecified atom stereocenters. The molecule has 4 nitrogen and oxygen atoms in total. The fourth-order valence-electron chi connectivity index (χ4n) is 2.12. The standard InChI is InChI=1S/C15H24N2O2/c1-5-17(6-2)15(3,4)11-19-14(18)12-7-9-13(16)10-8-12/h7-10H,5-6,11,16H2,1-4H3. The monoisotopic (exact) mass is 264 g/mol. The van der Waals surface area contributed by atoms with E-state index in [9.17, 15) is 4.79 Å². The molecule has 0 aliphatic carbocycles. The Bertz CT molecular complexity index is 409. The van der Waals surface area contributed by atoms with Crippen molar-refractivity contribution >= 4 is 11.7 Å². The molecule has 0 radical (unpaired) electrons. The molecular weight excluding hydrogens is 240 g/mol. The van der Waals surface area contributed by atoms with E-state index in [2.05, 4.69) is 32.6 Å². The highest BCUT2D eigenvalue weighted by molar-refractivity contribution is 5.89. The lowest BCUT2D eigenvalue weighted by molar-refractivity contribution is 0.0156. The lowest BCUT2D eigenvalue weighted by Gasteiger charge is -2.36. The fourth-order valence-corrected chi connectivity index (χ4v) is 2.12. The maximum absolute atomic E-state index is 11.9. The Balaban J connectivity index is 2.61. The van der Waals surface area contributed by atoms with Crippen molar-refractivity contribution in [2.75, 3.05) is 25.4 Å². The number of likely N-dealkylation sites (N-methyl/N-ethyl adjacent to an activating group) is 1. The second-order valence-corrected chi connectivity index (χ2v) is 5.18. The Kier molecular flexibility index (Phi) is 5.36. The highest BCUT2D eigenvalue weighted by atomic mass is 16.5. The molecule has 0 heterocycles. The van der Waals surface area contributed by atoms with Crippen molar-refractivity contribution in [1.29, 1.82) is 0 Å². The van der Waals surface area contributed by atoms with Crippen LogP contribution in [-0.2, 0) is 4.74 Å². The summed E-state index contributed by atoms with van der Waals surface area (Å²) < 4.78 is 5.40. The summed E-state index contributed by atoms with van der Waals surface area (Å²) >= 11 is 0. The van der Waals surface area contributed by atoms with E-state index >= 15 is 0 Å². The predicted molar refractivity (Wildman–Crippen MR) is 78.1 cm³/mol. The van der Waals surface area contributed by atoms with Gasteiger partial charge in [-0.15, -0.1) is 0 Å². The number of carbonyl (C=O) groups excluding carboxylic acids is 1. The Morgan fingerprint density at radius 3 is 2.21 bits per heavy atom. The van der Waals surface area contributed by atoms with Gasteiger partial charge in [-0.1, -0.05) is 13.8 Å². The molecule has 2 N–H and O–H groups in total. The van der Waals surface area contributed by atoms with Crippen LogP contribution in [0.2, 0.25) is 0 Å². The molecule has 1 aromatic rings. The van der Waals surface area contributed by atoms with Crippen molar-refractivity contribution in [3.05, 3.63) is 29.8 Å². The molecule has 106 valence electrons. The third-order valence-electron chi connectivity index (χ3n) is 3.32. The summed E-state index contributed by atoms with van der Waals surface area (Å²) in [7, 11) is 0. The molecule has 4 heteroatoms. The molecule has 0 aliphatic heterocycles. The van der Waals surface area contributed by atoms with E-state index in [1.54, 1.807) is 24.3 Å². The van der Waals surface area contributed by atoms with E-state index in [-0.39, 0.29) is 11.5 Å². The first-order valence-electron chi connectivity index (χ1n) is 6.68. The summed E-state index contributed by atoms with van der Waals surface area (Å²) in [4.78, 5) is 14.2. The normalized spacial score (nSPS) is 11.6. The average Bonchev–Trinajstić information content (AvgIpc) is 2.38. The third-order valence-corrected chi connectivity index (χ3v) is 3.32. The fraction of sp³-hybridized carbons (Fsp3) is 0.533. The zero-order valence-corrected chi connectivity index (χ0v) is 12.3. The molecule has 0 amide bonds. The van der Waals surface area contributed by atoms with E-state index in [0.717, 1.165) is 13.1 Å².